The van der Waals surface area contributed by atoms with Gasteiger partial charge in [0.2, 0.25) is 11.8 Å². The van der Waals surface area contributed by atoms with Crippen molar-refractivity contribution in [3.63, 3.8) is 0 Å². The van der Waals surface area contributed by atoms with Crippen LogP contribution in [0.1, 0.15) is 12.8 Å². The molecule has 4 rings (SSSR count). The highest BCUT2D eigenvalue weighted by Gasteiger charge is 2.37. The lowest BCUT2D eigenvalue weighted by atomic mass is 10.1. The Balaban J connectivity index is 1.39. The van der Waals surface area contributed by atoms with E-state index in [4.69, 9.17) is 0 Å². The minimum atomic E-state index is -0.180. The van der Waals surface area contributed by atoms with Crippen LogP contribution in [-0.4, -0.2) is 83.5 Å². The summed E-state index contributed by atoms with van der Waals surface area (Å²) in [5.41, 5.74) is 1.05. The average molecular weight is 335 g/mol. The first-order valence-corrected chi connectivity index (χ1v) is 9.07. The molecule has 2 fully saturated rings. The van der Waals surface area contributed by atoms with Crippen molar-refractivity contribution in [1.29, 1.82) is 0 Å². The van der Waals surface area contributed by atoms with Crippen molar-refractivity contribution >= 4 is 28.7 Å². The molecule has 4 aliphatic heterocycles. The lowest BCUT2D eigenvalue weighted by Gasteiger charge is -2.43. The number of hydrogen-bond donors (Lipinski definition) is 1. The van der Waals surface area contributed by atoms with Crippen LogP contribution in [0.2, 0.25) is 0 Å². The zero-order chi connectivity index (χ0) is 15.8. The number of rotatable bonds is 2. The number of amides is 2. The third-order valence-electron chi connectivity index (χ3n) is 4.84. The minimum absolute atomic E-state index is 0.0508. The Hall–Kier alpha value is -1.54. The normalized spacial score (nSPS) is 27.8. The molecule has 23 heavy (non-hydrogen) atoms. The van der Waals surface area contributed by atoms with E-state index in [1.165, 1.54) is 0 Å². The van der Waals surface area contributed by atoms with Gasteiger partial charge in [-0.25, -0.2) is 0 Å². The summed E-state index contributed by atoms with van der Waals surface area (Å²) in [5, 5.41) is 5.96. The molecule has 0 aliphatic carbocycles. The molecule has 124 valence electrons. The first-order valence-electron chi connectivity index (χ1n) is 8.19. The molecule has 0 aromatic rings. The summed E-state index contributed by atoms with van der Waals surface area (Å²) in [4.78, 5) is 35.4. The van der Waals surface area contributed by atoms with E-state index in [0.29, 0.717) is 26.1 Å². The quantitative estimate of drug-likeness (QED) is 0.748. The Kier molecular flexibility index (Phi) is 4.02. The van der Waals surface area contributed by atoms with Crippen molar-refractivity contribution in [2.24, 2.45) is 4.99 Å². The smallest absolute Gasteiger partial charge is 0.239 e. The van der Waals surface area contributed by atoms with Crippen LogP contribution < -0.4 is 5.32 Å². The molecule has 7 nitrogen and oxygen atoms in total. The lowest BCUT2D eigenvalue weighted by molar-refractivity contribution is -0.139. The van der Waals surface area contributed by atoms with Crippen LogP contribution in [0.15, 0.2) is 16.1 Å². The van der Waals surface area contributed by atoms with Crippen LogP contribution in [-0.2, 0) is 9.59 Å². The largest absolute Gasteiger partial charge is 0.353 e. The zero-order valence-corrected chi connectivity index (χ0v) is 13.8. The van der Waals surface area contributed by atoms with Crippen LogP contribution in [0.4, 0.5) is 0 Å². The summed E-state index contributed by atoms with van der Waals surface area (Å²) in [5.74, 6) is 0.163. The van der Waals surface area contributed by atoms with Gasteiger partial charge in [0.1, 0.15) is 6.04 Å². The first-order chi connectivity index (χ1) is 11.2. The molecule has 0 saturated carbocycles. The predicted molar refractivity (Wildman–Crippen MR) is 88.9 cm³/mol. The minimum Gasteiger partial charge on any atom is -0.353 e. The number of carbonyl (C=O) groups is 2. The van der Waals surface area contributed by atoms with E-state index in [0.717, 1.165) is 43.5 Å². The Morgan fingerprint density at radius 3 is 3.17 bits per heavy atom. The fourth-order valence-corrected chi connectivity index (χ4v) is 4.50. The molecule has 0 aromatic heterocycles. The molecule has 1 atom stereocenters. The molecule has 2 amide bonds. The Morgan fingerprint density at radius 2 is 2.26 bits per heavy atom. The SMILES string of the molecule is O=C1NCCN2CCN(C(=O)CC3=CSC4=NCCCN34)CC12. The molecule has 4 aliphatic rings. The summed E-state index contributed by atoms with van der Waals surface area (Å²) in [6.45, 7) is 5.43. The van der Waals surface area contributed by atoms with E-state index < -0.39 is 0 Å². The summed E-state index contributed by atoms with van der Waals surface area (Å²) >= 11 is 1.61. The van der Waals surface area contributed by atoms with Gasteiger partial charge in [0, 0.05) is 51.5 Å². The monoisotopic (exact) mass is 335 g/mol. The summed E-state index contributed by atoms with van der Waals surface area (Å²) in [6, 6.07) is -0.180. The van der Waals surface area contributed by atoms with Gasteiger partial charge in [-0.15, -0.1) is 0 Å². The number of thioether (sulfide) groups is 1. The number of carbonyl (C=O) groups excluding carboxylic acids is 2. The van der Waals surface area contributed by atoms with Crippen LogP contribution in [0.25, 0.3) is 0 Å². The van der Waals surface area contributed by atoms with Crippen molar-refractivity contribution in [1.82, 2.24) is 20.0 Å². The number of hydrogen-bond acceptors (Lipinski definition) is 6. The highest BCUT2D eigenvalue weighted by Crippen LogP contribution is 2.31. The molecule has 0 radical (unpaired) electrons. The van der Waals surface area contributed by atoms with Gasteiger partial charge in [0.15, 0.2) is 5.17 Å². The van der Waals surface area contributed by atoms with Crippen LogP contribution in [0.5, 0.6) is 0 Å². The Morgan fingerprint density at radius 1 is 1.35 bits per heavy atom. The molecule has 4 heterocycles. The second-order valence-electron chi connectivity index (χ2n) is 6.26. The highest BCUT2D eigenvalue weighted by atomic mass is 32.2. The number of aliphatic imine (C=N–C) groups is 1. The van der Waals surface area contributed by atoms with E-state index >= 15 is 0 Å². The van der Waals surface area contributed by atoms with Crippen LogP contribution in [0.3, 0.4) is 0 Å². The number of nitrogens with zero attached hydrogens (tertiary/aromatic N) is 4. The zero-order valence-electron chi connectivity index (χ0n) is 13.0. The molecule has 1 unspecified atom stereocenters. The van der Waals surface area contributed by atoms with Crippen molar-refractivity contribution in [2.45, 2.75) is 18.9 Å². The standard InChI is InChI=1S/C15H21N5O2S/c21-13(8-11-10-23-15-17-2-1-4-20(11)15)19-7-6-18-5-3-16-14(22)12(18)9-19/h10,12H,1-9H2,(H,16,22). The van der Waals surface area contributed by atoms with E-state index in [1.54, 1.807) is 11.8 Å². The van der Waals surface area contributed by atoms with Crippen molar-refractivity contribution in [3.05, 3.63) is 11.1 Å². The molecule has 1 N–H and O–H groups in total. The fourth-order valence-electron chi connectivity index (χ4n) is 3.54. The van der Waals surface area contributed by atoms with Crippen LogP contribution >= 0.6 is 11.8 Å². The Bertz CT molecular complexity index is 590. The van der Waals surface area contributed by atoms with Gasteiger partial charge >= 0.3 is 0 Å². The maximum atomic E-state index is 12.7. The molecule has 2 saturated heterocycles. The second-order valence-corrected chi connectivity index (χ2v) is 7.09. The van der Waals surface area contributed by atoms with E-state index in [2.05, 4.69) is 20.1 Å². The van der Waals surface area contributed by atoms with Gasteiger partial charge in [-0.2, -0.15) is 0 Å². The van der Waals surface area contributed by atoms with E-state index in [1.807, 2.05) is 10.3 Å². The number of piperazine rings is 2. The maximum absolute atomic E-state index is 12.7. The molecule has 0 bridgehead atoms. The molecular formula is C15H21N5O2S. The van der Waals surface area contributed by atoms with Crippen molar-refractivity contribution in [2.75, 3.05) is 45.8 Å². The molecule has 8 heteroatoms. The molecule has 0 spiro atoms. The summed E-state index contributed by atoms with van der Waals surface area (Å²) < 4.78 is 0. The van der Waals surface area contributed by atoms with Gasteiger partial charge in [0.05, 0.1) is 6.42 Å². The summed E-state index contributed by atoms with van der Waals surface area (Å²) in [7, 11) is 0. The Labute approximate surface area is 139 Å². The highest BCUT2D eigenvalue weighted by molar-refractivity contribution is 8.16. The average Bonchev–Trinajstić information content (AvgIpc) is 2.98. The topological polar surface area (TPSA) is 68.2 Å². The third-order valence-corrected chi connectivity index (χ3v) is 5.79. The van der Waals surface area contributed by atoms with Crippen LogP contribution in [0, 0.1) is 0 Å². The van der Waals surface area contributed by atoms with E-state index in [-0.39, 0.29) is 17.9 Å². The number of nitrogens with one attached hydrogen (secondary N) is 1. The first kappa shape index (κ1) is 15.0. The maximum Gasteiger partial charge on any atom is 0.239 e. The second kappa shape index (κ2) is 6.16. The number of fused-ring (bicyclic) bond motifs is 2. The van der Waals surface area contributed by atoms with Gasteiger partial charge in [-0.05, 0) is 11.8 Å². The van der Waals surface area contributed by atoms with Gasteiger partial charge in [-0.1, -0.05) is 11.8 Å². The van der Waals surface area contributed by atoms with Crippen molar-refractivity contribution in [3.8, 4) is 0 Å². The van der Waals surface area contributed by atoms with Crippen molar-refractivity contribution < 1.29 is 9.59 Å². The van der Waals surface area contributed by atoms with E-state index in [9.17, 15) is 9.59 Å². The third kappa shape index (κ3) is 2.85. The fraction of sp³-hybridized carbons (Fsp3) is 0.667. The van der Waals surface area contributed by atoms with Gasteiger partial charge < -0.3 is 15.1 Å². The lowest BCUT2D eigenvalue weighted by Crippen LogP contribution is -2.64. The predicted octanol–water partition coefficient (Wildman–Crippen LogP) is -0.331. The van der Waals surface area contributed by atoms with Gasteiger partial charge in [-0.3, -0.25) is 19.5 Å². The molecular weight excluding hydrogens is 314 g/mol. The number of amidine groups is 1. The molecule has 0 aromatic carbocycles. The summed E-state index contributed by atoms with van der Waals surface area (Å²) in [6.07, 6.45) is 1.44. The van der Waals surface area contributed by atoms with Gasteiger partial charge in [0.25, 0.3) is 0 Å².